The van der Waals surface area contributed by atoms with Crippen LogP contribution >= 0.6 is 0 Å². The molecule has 17 heavy (non-hydrogen) atoms. The quantitative estimate of drug-likeness (QED) is 0.857. The van der Waals surface area contributed by atoms with E-state index in [2.05, 4.69) is 5.32 Å². The van der Waals surface area contributed by atoms with Crippen LogP contribution in [0.4, 0.5) is 8.78 Å². The van der Waals surface area contributed by atoms with Gasteiger partial charge in [0.2, 0.25) is 0 Å². The number of benzene rings is 1. The Hall–Kier alpha value is -1.16. The molecular weight excluding hydrogens is 224 g/mol. The summed E-state index contributed by atoms with van der Waals surface area (Å²) in [6, 6.07) is 6.77. The summed E-state index contributed by atoms with van der Waals surface area (Å²) in [6.45, 7) is 5.32. The molecule has 2 nitrogen and oxygen atoms in total. The molecule has 1 aromatic rings. The number of nitrogens with one attached hydrogen (secondary N) is 1. The lowest BCUT2D eigenvalue weighted by Gasteiger charge is -2.29. The molecule has 0 spiro atoms. The van der Waals surface area contributed by atoms with Crippen molar-refractivity contribution in [3.63, 3.8) is 0 Å². The van der Waals surface area contributed by atoms with Crippen molar-refractivity contribution in [1.29, 1.82) is 0 Å². The Morgan fingerprint density at radius 2 is 1.71 bits per heavy atom. The molecule has 1 rings (SSSR count). The summed E-state index contributed by atoms with van der Waals surface area (Å²) in [4.78, 5) is 0. The van der Waals surface area contributed by atoms with Crippen molar-refractivity contribution in [2.75, 3.05) is 7.05 Å². The average molecular weight is 243 g/mol. The third kappa shape index (κ3) is 3.16. The van der Waals surface area contributed by atoms with E-state index in [1.165, 1.54) is 14.0 Å². The van der Waals surface area contributed by atoms with Crippen LogP contribution in [-0.4, -0.2) is 19.6 Å². The summed E-state index contributed by atoms with van der Waals surface area (Å²) >= 11 is 0. The van der Waals surface area contributed by atoms with Crippen LogP contribution in [0, 0.1) is 0 Å². The van der Waals surface area contributed by atoms with Crippen LogP contribution in [0.3, 0.4) is 0 Å². The molecule has 0 aliphatic heterocycles. The van der Waals surface area contributed by atoms with Crippen molar-refractivity contribution in [2.45, 2.75) is 38.8 Å². The van der Waals surface area contributed by atoms with E-state index in [-0.39, 0.29) is 6.10 Å². The second kappa shape index (κ2) is 5.45. The molecule has 0 bridgehead atoms. The number of hydrogen-bond acceptors (Lipinski definition) is 2. The van der Waals surface area contributed by atoms with Crippen LogP contribution in [0.1, 0.15) is 26.3 Å². The molecule has 0 aliphatic rings. The molecule has 0 fully saturated rings. The fraction of sp³-hybridized carbons (Fsp3) is 0.538. The minimum atomic E-state index is -2.47. The van der Waals surface area contributed by atoms with E-state index in [1.807, 2.05) is 13.8 Å². The predicted molar refractivity (Wildman–Crippen MR) is 64.6 cm³/mol. The number of halogens is 2. The monoisotopic (exact) mass is 243 g/mol. The molecular formula is C13H19F2NO. The zero-order valence-electron chi connectivity index (χ0n) is 10.6. The standard InChI is InChI=1S/C13H19F2NO/c1-9(2)17-11-7-5-10(6-8-11)13(3,16-4)12(14)15/h5-9,12,16H,1-4H3. The van der Waals surface area contributed by atoms with Crippen molar-refractivity contribution in [3.05, 3.63) is 29.8 Å². The van der Waals surface area contributed by atoms with Crippen LogP contribution in [0.25, 0.3) is 0 Å². The first-order chi connectivity index (χ1) is 7.90. The Kier molecular flexibility index (Phi) is 4.46. The lowest BCUT2D eigenvalue weighted by atomic mass is 9.92. The predicted octanol–water partition coefficient (Wildman–Crippen LogP) is 3.17. The summed E-state index contributed by atoms with van der Waals surface area (Å²) in [7, 11) is 1.53. The van der Waals surface area contributed by atoms with E-state index in [9.17, 15) is 8.78 Å². The second-order valence-electron chi connectivity index (χ2n) is 4.44. The van der Waals surface area contributed by atoms with Gasteiger partial charge in [-0.2, -0.15) is 0 Å². The Labute approximate surface area is 101 Å². The number of rotatable bonds is 5. The molecule has 4 heteroatoms. The van der Waals surface area contributed by atoms with E-state index in [0.29, 0.717) is 11.3 Å². The Bertz CT molecular complexity index is 351. The molecule has 0 saturated carbocycles. The molecule has 0 aliphatic carbocycles. The number of ether oxygens (including phenoxy) is 1. The van der Waals surface area contributed by atoms with Gasteiger partial charge in [0.1, 0.15) is 11.3 Å². The fourth-order valence-corrected chi connectivity index (χ4v) is 1.53. The highest BCUT2D eigenvalue weighted by molar-refractivity contribution is 5.32. The van der Waals surface area contributed by atoms with E-state index in [1.54, 1.807) is 24.3 Å². The largest absolute Gasteiger partial charge is 0.491 e. The summed E-state index contributed by atoms with van der Waals surface area (Å²) < 4.78 is 31.4. The van der Waals surface area contributed by atoms with Gasteiger partial charge >= 0.3 is 0 Å². The lowest BCUT2D eigenvalue weighted by molar-refractivity contribution is 0.0431. The van der Waals surface area contributed by atoms with Crippen molar-refractivity contribution >= 4 is 0 Å². The molecule has 1 unspecified atom stereocenters. The van der Waals surface area contributed by atoms with Gasteiger partial charge in [-0.05, 0) is 45.5 Å². The maximum atomic E-state index is 13.0. The molecule has 1 aromatic carbocycles. The molecule has 0 heterocycles. The van der Waals surface area contributed by atoms with Gasteiger partial charge in [0, 0.05) is 0 Å². The minimum absolute atomic E-state index is 0.0756. The molecule has 0 amide bonds. The molecule has 1 atom stereocenters. The molecule has 1 N–H and O–H groups in total. The SMILES string of the molecule is CNC(C)(c1ccc(OC(C)C)cc1)C(F)F. The van der Waals surface area contributed by atoms with Gasteiger partial charge in [0.15, 0.2) is 0 Å². The topological polar surface area (TPSA) is 21.3 Å². The summed E-state index contributed by atoms with van der Waals surface area (Å²) in [5, 5.41) is 2.66. The molecule has 0 aromatic heterocycles. The average Bonchev–Trinajstić information content (AvgIpc) is 2.28. The van der Waals surface area contributed by atoms with E-state index >= 15 is 0 Å². The smallest absolute Gasteiger partial charge is 0.260 e. The first-order valence-electron chi connectivity index (χ1n) is 5.64. The second-order valence-corrected chi connectivity index (χ2v) is 4.44. The van der Waals surface area contributed by atoms with Gasteiger partial charge in [-0.25, -0.2) is 8.78 Å². The van der Waals surface area contributed by atoms with Gasteiger partial charge < -0.3 is 10.1 Å². The third-order valence-corrected chi connectivity index (χ3v) is 2.78. The van der Waals surface area contributed by atoms with E-state index in [4.69, 9.17) is 4.74 Å². The van der Waals surface area contributed by atoms with Crippen LogP contribution in [-0.2, 0) is 5.54 Å². The normalized spacial score (nSPS) is 15.1. The first-order valence-corrected chi connectivity index (χ1v) is 5.64. The van der Waals surface area contributed by atoms with Gasteiger partial charge in [0.05, 0.1) is 6.10 Å². The van der Waals surface area contributed by atoms with Crippen LogP contribution < -0.4 is 10.1 Å². The maximum Gasteiger partial charge on any atom is 0.260 e. The van der Waals surface area contributed by atoms with Gasteiger partial charge in [-0.15, -0.1) is 0 Å². The third-order valence-electron chi connectivity index (χ3n) is 2.78. The van der Waals surface area contributed by atoms with Crippen molar-refractivity contribution in [2.24, 2.45) is 0 Å². The molecule has 0 saturated heterocycles. The fourth-order valence-electron chi connectivity index (χ4n) is 1.53. The first kappa shape index (κ1) is 13.9. The maximum absolute atomic E-state index is 13.0. The van der Waals surface area contributed by atoms with Crippen LogP contribution in [0.15, 0.2) is 24.3 Å². The lowest BCUT2D eigenvalue weighted by Crippen LogP contribution is -2.43. The van der Waals surface area contributed by atoms with Gasteiger partial charge in [-0.3, -0.25) is 0 Å². The Morgan fingerprint density at radius 3 is 2.06 bits per heavy atom. The van der Waals surface area contributed by atoms with Crippen molar-refractivity contribution in [1.82, 2.24) is 5.32 Å². The summed E-state index contributed by atoms with van der Waals surface area (Å²) in [5.41, 5.74) is -0.776. The van der Waals surface area contributed by atoms with E-state index in [0.717, 1.165) is 0 Å². The Morgan fingerprint density at radius 1 is 1.18 bits per heavy atom. The van der Waals surface area contributed by atoms with Crippen LogP contribution in [0.5, 0.6) is 5.75 Å². The molecule has 0 radical (unpaired) electrons. The number of alkyl halides is 2. The minimum Gasteiger partial charge on any atom is -0.491 e. The Balaban J connectivity index is 2.93. The summed E-state index contributed by atoms with van der Waals surface area (Å²) in [6.07, 6.45) is -2.39. The van der Waals surface area contributed by atoms with Gasteiger partial charge in [-0.1, -0.05) is 12.1 Å². The zero-order valence-corrected chi connectivity index (χ0v) is 10.6. The van der Waals surface area contributed by atoms with Crippen molar-refractivity contribution in [3.8, 4) is 5.75 Å². The summed E-state index contributed by atoms with van der Waals surface area (Å²) in [5.74, 6) is 0.691. The zero-order chi connectivity index (χ0) is 13.1. The highest BCUT2D eigenvalue weighted by Gasteiger charge is 2.35. The van der Waals surface area contributed by atoms with E-state index < -0.39 is 12.0 Å². The van der Waals surface area contributed by atoms with Crippen LogP contribution in [0.2, 0.25) is 0 Å². The highest BCUT2D eigenvalue weighted by atomic mass is 19.3. The number of hydrogen-bond donors (Lipinski definition) is 1. The van der Waals surface area contributed by atoms with Gasteiger partial charge in [0.25, 0.3) is 6.43 Å². The highest BCUT2D eigenvalue weighted by Crippen LogP contribution is 2.29. The van der Waals surface area contributed by atoms with Crippen molar-refractivity contribution < 1.29 is 13.5 Å². The molecule has 96 valence electrons.